The molecule has 0 aliphatic heterocycles. The monoisotopic (exact) mass is 274 g/mol. The van der Waals surface area contributed by atoms with Crippen LogP contribution in [-0.4, -0.2) is 21.5 Å². The van der Waals surface area contributed by atoms with Gasteiger partial charge in [0.1, 0.15) is 4.21 Å². The molecular formula is C11H18N2O2S2. The van der Waals surface area contributed by atoms with Gasteiger partial charge in [0, 0.05) is 17.5 Å². The summed E-state index contributed by atoms with van der Waals surface area (Å²) in [5, 5.41) is 3.01. The van der Waals surface area contributed by atoms with Crippen LogP contribution in [0.2, 0.25) is 0 Å². The SMILES string of the molecule is CNCc1ccc(S(=O)(=O)NC2CC2(C)C)s1. The molecule has 1 heterocycles. The van der Waals surface area contributed by atoms with Crippen molar-refractivity contribution in [3.8, 4) is 0 Å². The molecule has 6 heteroatoms. The molecule has 0 spiro atoms. The van der Waals surface area contributed by atoms with Crippen molar-refractivity contribution in [2.24, 2.45) is 5.41 Å². The first-order chi connectivity index (χ1) is 7.85. The summed E-state index contributed by atoms with van der Waals surface area (Å²) in [5.41, 5.74) is 0.109. The minimum absolute atomic E-state index is 0.0855. The molecule has 1 fully saturated rings. The molecule has 0 radical (unpaired) electrons. The van der Waals surface area contributed by atoms with Gasteiger partial charge in [0.2, 0.25) is 10.0 Å². The zero-order chi connectivity index (χ0) is 12.7. The van der Waals surface area contributed by atoms with Crippen LogP contribution in [0.25, 0.3) is 0 Å². The number of thiophene rings is 1. The summed E-state index contributed by atoms with van der Waals surface area (Å²) >= 11 is 1.32. The quantitative estimate of drug-likeness (QED) is 0.856. The van der Waals surface area contributed by atoms with Gasteiger partial charge in [-0.25, -0.2) is 13.1 Å². The second-order valence-electron chi connectivity index (χ2n) is 5.12. The molecule has 2 N–H and O–H groups in total. The van der Waals surface area contributed by atoms with E-state index < -0.39 is 10.0 Å². The molecule has 1 aliphatic carbocycles. The summed E-state index contributed by atoms with van der Waals surface area (Å²) in [5.74, 6) is 0. The number of hydrogen-bond donors (Lipinski definition) is 2. The maximum Gasteiger partial charge on any atom is 0.250 e. The molecule has 17 heavy (non-hydrogen) atoms. The van der Waals surface area contributed by atoms with E-state index in [1.165, 1.54) is 11.3 Å². The summed E-state index contributed by atoms with van der Waals surface area (Å²) in [6.45, 7) is 4.84. The summed E-state index contributed by atoms with van der Waals surface area (Å²) < 4.78 is 27.3. The van der Waals surface area contributed by atoms with Crippen molar-refractivity contribution in [1.29, 1.82) is 0 Å². The third-order valence-corrected chi connectivity index (χ3v) is 6.11. The lowest BCUT2D eigenvalue weighted by Gasteiger charge is -2.06. The summed E-state index contributed by atoms with van der Waals surface area (Å²) in [6.07, 6.45) is 0.918. The molecule has 2 rings (SSSR count). The van der Waals surface area contributed by atoms with E-state index in [0.717, 1.165) is 11.3 Å². The molecule has 1 unspecified atom stereocenters. The van der Waals surface area contributed by atoms with Crippen LogP contribution < -0.4 is 10.0 Å². The number of sulfonamides is 1. The van der Waals surface area contributed by atoms with E-state index in [-0.39, 0.29) is 11.5 Å². The lowest BCUT2D eigenvalue weighted by molar-refractivity contribution is 0.556. The van der Waals surface area contributed by atoms with Crippen LogP contribution in [0.3, 0.4) is 0 Å². The van der Waals surface area contributed by atoms with Crippen LogP contribution in [0.15, 0.2) is 16.3 Å². The van der Waals surface area contributed by atoms with Crippen molar-refractivity contribution in [2.45, 2.75) is 37.1 Å². The van der Waals surface area contributed by atoms with E-state index in [4.69, 9.17) is 0 Å². The fraction of sp³-hybridized carbons (Fsp3) is 0.636. The largest absolute Gasteiger partial charge is 0.315 e. The fourth-order valence-corrected chi connectivity index (χ4v) is 4.48. The first-order valence-corrected chi connectivity index (χ1v) is 7.91. The molecule has 1 aromatic heterocycles. The predicted octanol–water partition coefficient (Wildman–Crippen LogP) is 1.54. The highest BCUT2D eigenvalue weighted by molar-refractivity contribution is 7.91. The number of nitrogens with one attached hydrogen (secondary N) is 2. The third kappa shape index (κ3) is 2.88. The zero-order valence-electron chi connectivity index (χ0n) is 10.3. The molecule has 0 aromatic carbocycles. The van der Waals surface area contributed by atoms with Crippen molar-refractivity contribution < 1.29 is 8.42 Å². The van der Waals surface area contributed by atoms with Crippen molar-refractivity contribution in [1.82, 2.24) is 10.0 Å². The predicted molar refractivity (Wildman–Crippen MR) is 69.6 cm³/mol. The summed E-state index contributed by atoms with van der Waals surface area (Å²) in [7, 11) is -1.48. The van der Waals surface area contributed by atoms with E-state index in [9.17, 15) is 8.42 Å². The van der Waals surface area contributed by atoms with Gasteiger partial charge in [-0.05, 0) is 31.0 Å². The minimum atomic E-state index is -3.32. The molecule has 1 saturated carbocycles. The van der Waals surface area contributed by atoms with E-state index in [2.05, 4.69) is 23.9 Å². The van der Waals surface area contributed by atoms with Gasteiger partial charge in [-0.3, -0.25) is 0 Å². The standard InChI is InChI=1S/C11H18N2O2S2/c1-11(2)6-9(11)13-17(14,15)10-5-4-8(16-10)7-12-3/h4-5,9,12-13H,6-7H2,1-3H3. The van der Waals surface area contributed by atoms with Crippen LogP contribution in [0.4, 0.5) is 0 Å². The van der Waals surface area contributed by atoms with Gasteiger partial charge in [0.15, 0.2) is 0 Å². The van der Waals surface area contributed by atoms with Gasteiger partial charge < -0.3 is 5.32 Å². The van der Waals surface area contributed by atoms with E-state index in [1.54, 1.807) is 6.07 Å². The van der Waals surface area contributed by atoms with Gasteiger partial charge in [0.05, 0.1) is 0 Å². The topological polar surface area (TPSA) is 58.2 Å². The van der Waals surface area contributed by atoms with Gasteiger partial charge in [0.25, 0.3) is 0 Å². The van der Waals surface area contributed by atoms with Gasteiger partial charge in [-0.1, -0.05) is 13.8 Å². The van der Waals surface area contributed by atoms with E-state index >= 15 is 0 Å². The van der Waals surface area contributed by atoms with Crippen molar-refractivity contribution in [3.05, 3.63) is 17.0 Å². The molecular weight excluding hydrogens is 256 g/mol. The lowest BCUT2D eigenvalue weighted by atomic mass is 10.2. The Morgan fingerprint density at radius 1 is 1.47 bits per heavy atom. The van der Waals surface area contributed by atoms with E-state index in [0.29, 0.717) is 10.8 Å². The molecule has 0 bridgehead atoms. The molecule has 0 saturated heterocycles. The maximum atomic E-state index is 12.1. The molecule has 4 nitrogen and oxygen atoms in total. The Morgan fingerprint density at radius 2 is 2.12 bits per heavy atom. The highest BCUT2D eigenvalue weighted by atomic mass is 32.2. The van der Waals surface area contributed by atoms with Crippen LogP contribution in [0.5, 0.6) is 0 Å². The molecule has 96 valence electrons. The van der Waals surface area contributed by atoms with Gasteiger partial charge in [-0.15, -0.1) is 11.3 Å². The average Bonchev–Trinajstić information content (AvgIpc) is 2.66. The highest BCUT2D eigenvalue weighted by Gasteiger charge is 2.48. The Bertz CT molecular complexity index is 505. The molecule has 1 aromatic rings. The van der Waals surface area contributed by atoms with Crippen LogP contribution in [0, 0.1) is 5.41 Å². The van der Waals surface area contributed by atoms with Crippen molar-refractivity contribution in [3.63, 3.8) is 0 Å². The van der Waals surface area contributed by atoms with Crippen LogP contribution in [0.1, 0.15) is 25.1 Å². The lowest BCUT2D eigenvalue weighted by Crippen LogP contribution is -2.27. The van der Waals surface area contributed by atoms with Crippen LogP contribution in [-0.2, 0) is 16.6 Å². The normalized spacial score (nSPS) is 22.6. The Kier molecular flexibility index (Phi) is 3.33. The maximum absolute atomic E-state index is 12.1. The molecule has 0 amide bonds. The Balaban J connectivity index is 2.09. The second-order valence-corrected chi connectivity index (χ2v) is 8.23. The third-order valence-electron chi connectivity index (χ3n) is 3.06. The van der Waals surface area contributed by atoms with Crippen molar-refractivity contribution >= 4 is 21.4 Å². The Labute approximate surface area is 106 Å². The summed E-state index contributed by atoms with van der Waals surface area (Å²) in [6, 6.07) is 3.62. The smallest absolute Gasteiger partial charge is 0.250 e. The van der Waals surface area contributed by atoms with Gasteiger partial charge in [-0.2, -0.15) is 0 Å². The number of hydrogen-bond acceptors (Lipinski definition) is 4. The zero-order valence-corrected chi connectivity index (χ0v) is 11.9. The van der Waals surface area contributed by atoms with E-state index in [1.807, 2.05) is 13.1 Å². The van der Waals surface area contributed by atoms with Crippen LogP contribution >= 0.6 is 11.3 Å². The first-order valence-electron chi connectivity index (χ1n) is 5.61. The molecule has 1 aliphatic rings. The Morgan fingerprint density at radius 3 is 2.65 bits per heavy atom. The first kappa shape index (κ1) is 13.0. The molecule has 1 atom stereocenters. The second kappa shape index (κ2) is 4.35. The highest BCUT2D eigenvalue weighted by Crippen LogP contribution is 2.45. The van der Waals surface area contributed by atoms with Crippen molar-refractivity contribution in [2.75, 3.05) is 7.05 Å². The summed E-state index contributed by atoms with van der Waals surface area (Å²) in [4.78, 5) is 1.03. The minimum Gasteiger partial charge on any atom is -0.315 e. The van der Waals surface area contributed by atoms with Gasteiger partial charge >= 0.3 is 0 Å². The Hall–Kier alpha value is -0.430. The number of rotatable bonds is 5. The average molecular weight is 274 g/mol. The fourth-order valence-electron chi connectivity index (χ4n) is 1.69.